The van der Waals surface area contributed by atoms with E-state index in [0.29, 0.717) is 40.1 Å². The van der Waals surface area contributed by atoms with Crippen molar-refractivity contribution >= 4 is 50.2 Å². The average Bonchev–Trinajstić information content (AvgIpc) is 3.64. The molecule has 12 nitrogen and oxygen atoms in total. The quantitative estimate of drug-likeness (QED) is 0.221. The molecule has 1 fully saturated rings. The van der Waals surface area contributed by atoms with Gasteiger partial charge >= 0.3 is 0 Å². The summed E-state index contributed by atoms with van der Waals surface area (Å²) >= 11 is 3.39. The number of aryl methyl sites for hydroxylation is 1. The van der Waals surface area contributed by atoms with Gasteiger partial charge in [-0.1, -0.05) is 32.4 Å². The standard InChI is InChI=1S/C37H41BrFN7O5/c1-22(47)34-27-13-24(26-16-40-23(2)41-17-26)7-9-29(27)46(44-34)18-33(49)45-21-37(39)15-30(45)31(48)14-28-25(8-10-32(38)43-28)19-51-12-6-5-11-36(3,4)35(50)42-20-37/h7-10,13,16-17,30H,5-6,11-12,14-15,18-21H2,1-4H3,(H,42,50)/t30-,37-/m0/s1. The van der Waals surface area contributed by atoms with Gasteiger partial charge in [-0.25, -0.2) is 19.3 Å². The summed E-state index contributed by atoms with van der Waals surface area (Å²) in [7, 11) is 0. The number of halogens is 2. The van der Waals surface area contributed by atoms with Gasteiger partial charge in [-0.15, -0.1) is 0 Å². The molecule has 1 N–H and O–H groups in total. The summed E-state index contributed by atoms with van der Waals surface area (Å²) in [5, 5.41) is 7.80. The normalized spacial score (nSPS) is 21.6. The van der Waals surface area contributed by atoms with Crippen molar-refractivity contribution in [1.82, 2.24) is 34.9 Å². The van der Waals surface area contributed by atoms with Gasteiger partial charge < -0.3 is 15.0 Å². The van der Waals surface area contributed by atoms with Crippen LogP contribution in [0.5, 0.6) is 0 Å². The number of nitrogens with zero attached hydrogens (tertiary/aromatic N) is 6. The van der Waals surface area contributed by atoms with Crippen molar-refractivity contribution in [2.45, 2.75) is 84.7 Å². The zero-order valence-corrected chi connectivity index (χ0v) is 30.8. The topological polar surface area (TPSA) is 149 Å². The van der Waals surface area contributed by atoms with Gasteiger partial charge in [0.25, 0.3) is 0 Å². The van der Waals surface area contributed by atoms with E-state index in [1.807, 2.05) is 26.0 Å². The third-order valence-corrected chi connectivity index (χ3v) is 10.2. The first-order chi connectivity index (χ1) is 24.2. The first kappa shape index (κ1) is 36.4. The van der Waals surface area contributed by atoms with Gasteiger partial charge in [0, 0.05) is 48.7 Å². The SMILES string of the molecule is CC(=O)c1nn(CC(=O)N2C[C@@]3(F)CNC(=O)C(C)(C)CCCCOCc4ccc(Br)nc4CC(=O)[C@@H]2C3)c2ccc(-c3cnc(C)nc3)cc12. The number of carbonyl (C=O) groups excluding carboxylic acids is 4. The Bertz CT molecular complexity index is 2000. The molecule has 6 rings (SSSR count). The number of rotatable bonds is 4. The van der Waals surface area contributed by atoms with Crippen LogP contribution in [-0.2, 0) is 38.7 Å². The second kappa shape index (κ2) is 14.7. The van der Waals surface area contributed by atoms with Crippen LogP contribution >= 0.6 is 15.9 Å². The Morgan fingerprint density at radius 3 is 2.61 bits per heavy atom. The highest BCUT2D eigenvalue weighted by Gasteiger charge is 2.49. The third-order valence-electron chi connectivity index (χ3n) is 9.72. The number of hydrogen-bond donors (Lipinski definition) is 1. The molecule has 1 saturated heterocycles. The van der Waals surface area contributed by atoms with Gasteiger partial charge in [-0.05, 0) is 65.0 Å². The molecule has 1 aromatic carbocycles. The van der Waals surface area contributed by atoms with Crippen molar-refractivity contribution in [3.05, 3.63) is 70.1 Å². The molecule has 0 aliphatic carbocycles. The minimum atomic E-state index is -2.06. The lowest BCUT2D eigenvalue weighted by Gasteiger charge is -2.27. The molecule has 2 bridgehead atoms. The molecule has 51 heavy (non-hydrogen) atoms. The number of likely N-dealkylation sites (tertiary alicyclic amines) is 1. The molecule has 14 heteroatoms. The number of ether oxygens (including phenoxy) is 1. The van der Waals surface area contributed by atoms with E-state index in [1.54, 1.807) is 37.5 Å². The smallest absolute Gasteiger partial charge is 0.245 e. The minimum absolute atomic E-state index is 0.146. The number of hydrogen-bond acceptors (Lipinski definition) is 9. The van der Waals surface area contributed by atoms with Crippen molar-refractivity contribution in [2.75, 3.05) is 19.7 Å². The van der Waals surface area contributed by atoms with E-state index in [4.69, 9.17) is 4.74 Å². The molecular formula is C37H41BrFN7O5. The van der Waals surface area contributed by atoms with Crippen LogP contribution in [0.15, 0.2) is 47.3 Å². The largest absolute Gasteiger partial charge is 0.377 e. The van der Waals surface area contributed by atoms with E-state index < -0.39 is 29.6 Å². The lowest BCUT2D eigenvalue weighted by Crippen LogP contribution is -2.47. The molecule has 0 radical (unpaired) electrons. The summed E-state index contributed by atoms with van der Waals surface area (Å²) in [5.74, 6) is -0.892. The summed E-state index contributed by atoms with van der Waals surface area (Å²) in [6.07, 6.45) is 5.01. The maximum Gasteiger partial charge on any atom is 0.245 e. The molecular weight excluding hydrogens is 721 g/mol. The number of carbonyl (C=O) groups is 4. The minimum Gasteiger partial charge on any atom is -0.377 e. The van der Waals surface area contributed by atoms with Crippen molar-refractivity contribution in [1.29, 1.82) is 0 Å². The van der Waals surface area contributed by atoms with Crippen LogP contribution in [0.3, 0.4) is 0 Å². The van der Waals surface area contributed by atoms with E-state index in [2.05, 4.69) is 41.3 Å². The lowest BCUT2D eigenvalue weighted by atomic mass is 9.86. The lowest BCUT2D eigenvalue weighted by molar-refractivity contribution is -0.138. The van der Waals surface area contributed by atoms with Gasteiger partial charge in [0.05, 0.1) is 43.4 Å². The number of amides is 2. The molecule has 268 valence electrons. The molecule has 0 unspecified atom stereocenters. The van der Waals surface area contributed by atoms with Crippen molar-refractivity contribution < 1.29 is 28.3 Å². The fourth-order valence-electron chi connectivity index (χ4n) is 6.73. The average molecular weight is 763 g/mol. The molecule has 2 aliphatic rings. The predicted molar refractivity (Wildman–Crippen MR) is 190 cm³/mol. The van der Waals surface area contributed by atoms with Crippen LogP contribution in [0.25, 0.3) is 22.0 Å². The summed E-state index contributed by atoms with van der Waals surface area (Å²) < 4.78 is 24.6. The Balaban J connectivity index is 1.32. The first-order valence-corrected chi connectivity index (χ1v) is 17.8. The number of pyridine rings is 1. The van der Waals surface area contributed by atoms with Crippen LogP contribution in [0.4, 0.5) is 4.39 Å². The number of Topliss-reactive ketones (excluding diaryl/α,β-unsaturated/α-hetero) is 2. The van der Waals surface area contributed by atoms with Crippen LogP contribution in [0.1, 0.15) is 74.0 Å². The van der Waals surface area contributed by atoms with Gasteiger partial charge in [0.2, 0.25) is 11.8 Å². The zero-order chi connectivity index (χ0) is 36.5. The molecule has 5 heterocycles. The molecule has 0 saturated carbocycles. The van der Waals surface area contributed by atoms with Crippen LogP contribution in [-0.4, -0.2) is 84.4 Å². The second-order valence-corrected chi connectivity index (χ2v) is 15.0. The molecule has 3 aromatic heterocycles. The number of alkyl halides is 1. The number of ketones is 2. The number of aromatic nitrogens is 5. The summed E-state index contributed by atoms with van der Waals surface area (Å²) in [4.78, 5) is 68.4. The molecule has 2 atom stereocenters. The van der Waals surface area contributed by atoms with Crippen molar-refractivity contribution in [3.63, 3.8) is 0 Å². The highest BCUT2D eigenvalue weighted by molar-refractivity contribution is 9.10. The van der Waals surface area contributed by atoms with Crippen molar-refractivity contribution in [2.24, 2.45) is 5.41 Å². The van der Waals surface area contributed by atoms with Gasteiger partial charge in [0.1, 0.15) is 28.3 Å². The Kier molecular flexibility index (Phi) is 10.5. The number of benzene rings is 1. The first-order valence-electron chi connectivity index (χ1n) is 17.0. The highest BCUT2D eigenvalue weighted by Crippen LogP contribution is 2.34. The van der Waals surface area contributed by atoms with E-state index in [-0.39, 0.29) is 55.7 Å². The zero-order valence-electron chi connectivity index (χ0n) is 29.2. The molecule has 2 amide bonds. The van der Waals surface area contributed by atoms with E-state index in [9.17, 15) is 19.2 Å². The van der Waals surface area contributed by atoms with Gasteiger partial charge in [-0.3, -0.25) is 23.9 Å². The van der Waals surface area contributed by atoms with E-state index in [0.717, 1.165) is 29.5 Å². The summed E-state index contributed by atoms with van der Waals surface area (Å²) in [6, 6.07) is 7.88. The predicted octanol–water partition coefficient (Wildman–Crippen LogP) is 5.13. The summed E-state index contributed by atoms with van der Waals surface area (Å²) in [5.41, 5.74) is 0.620. The van der Waals surface area contributed by atoms with Gasteiger partial charge in [0.15, 0.2) is 11.6 Å². The molecule has 4 aromatic rings. The fourth-order valence-corrected chi connectivity index (χ4v) is 7.08. The molecule has 2 aliphatic heterocycles. The van der Waals surface area contributed by atoms with Crippen LogP contribution in [0.2, 0.25) is 0 Å². The Labute approximate surface area is 303 Å². The van der Waals surface area contributed by atoms with Crippen LogP contribution < -0.4 is 5.32 Å². The van der Waals surface area contributed by atoms with Gasteiger partial charge in [-0.2, -0.15) is 5.10 Å². The Hall–Kier alpha value is -4.43. The number of nitrogens with one attached hydrogen (secondary N) is 1. The second-order valence-electron chi connectivity index (χ2n) is 14.2. The number of fused-ring (bicyclic) bond motifs is 4. The molecule has 0 spiro atoms. The highest BCUT2D eigenvalue weighted by atomic mass is 79.9. The van der Waals surface area contributed by atoms with Crippen molar-refractivity contribution in [3.8, 4) is 11.1 Å². The Morgan fingerprint density at radius 1 is 1.10 bits per heavy atom. The van der Waals surface area contributed by atoms with Crippen LogP contribution in [0, 0.1) is 12.3 Å². The monoisotopic (exact) mass is 761 g/mol. The maximum absolute atomic E-state index is 16.7. The fraction of sp³-hybridized carbons (Fsp3) is 0.459. The Morgan fingerprint density at radius 2 is 1.86 bits per heavy atom. The third kappa shape index (κ3) is 8.06. The van der Waals surface area contributed by atoms with E-state index in [1.165, 1.54) is 16.5 Å². The summed E-state index contributed by atoms with van der Waals surface area (Å²) in [6.45, 7) is 6.43. The van der Waals surface area contributed by atoms with E-state index >= 15 is 4.39 Å². The maximum atomic E-state index is 16.7.